The molecule has 0 saturated carbocycles. The Balaban J connectivity index is 2.03. The minimum absolute atomic E-state index is 0.00424. The molecule has 0 saturated heterocycles. The van der Waals surface area contributed by atoms with Crippen molar-refractivity contribution in [3.8, 4) is 0 Å². The van der Waals surface area contributed by atoms with Crippen LogP contribution in [-0.2, 0) is 26.2 Å². The molecule has 39 heavy (non-hydrogen) atoms. The Morgan fingerprint density at radius 1 is 0.974 bits per heavy atom. The predicted molar refractivity (Wildman–Crippen MR) is 151 cm³/mol. The first-order valence-corrected chi connectivity index (χ1v) is 14.5. The van der Waals surface area contributed by atoms with Crippen molar-refractivity contribution in [1.82, 2.24) is 10.2 Å². The summed E-state index contributed by atoms with van der Waals surface area (Å²) in [6, 6.07) is 18.7. The van der Waals surface area contributed by atoms with Gasteiger partial charge < -0.3 is 10.2 Å². The number of amides is 2. The van der Waals surface area contributed by atoms with Crippen molar-refractivity contribution in [2.75, 3.05) is 17.4 Å². The quantitative estimate of drug-likeness (QED) is 0.320. The molecule has 7 nitrogen and oxygen atoms in total. The SMILES string of the molecule is CC[C@H](C(=O)NCC(C)C)N(Cc1ccc(F)cc1)C(=O)CN(c1cccc(Cl)c1)S(=O)(=O)c1ccccc1. The van der Waals surface area contributed by atoms with Gasteiger partial charge in [0.2, 0.25) is 11.8 Å². The van der Waals surface area contributed by atoms with Gasteiger partial charge in [-0.25, -0.2) is 12.8 Å². The first kappa shape index (κ1) is 30.1. The molecule has 3 aromatic carbocycles. The van der Waals surface area contributed by atoms with Crippen LogP contribution in [0.3, 0.4) is 0 Å². The van der Waals surface area contributed by atoms with E-state index in [2.05, 4.69) is 5.32 Å². The zero-order valence-electron chi connectivity index (χ0n) is 22.2. The van der Waals surface area contributed by atoms with E-state index in [-0.39, 0.29) is 29.0 Å². The Morgan fingerprint density at radius 2 is 1.64 bits per heavy atom. The summed E-state index contributed by atoms with van der Waals surface area (Å²) in [5, 5.41) is 3.17. The third-order valence-electron chi connectivity index (χ3n) is 6.04. The second kappa shape index (κ2) is 13.6. The van der Waals surface area contributed by atoms with Crippen molar-refractivity contribution in [2.45, 2.75) is 44.7 Å². The molecule has 1 atom stereocenters. The topological polar surface area (TPSA) is 86.8 Å². The number of anilines is 1. The van der Waals surface area contributed by atoms with E-state index in [4.69, 9.17) is 11.6 Å². The van der Waals surface area contributed by atoms with Crippen molar-refractivity contribution < 1.29 is 22.4 Å². The van der Waals surface area contributed by atoms with E-state index in [9.17, 15) is 22.4 Å². The monoisotopic (exact) mass is 573 g/mol. The van der Waals surface area contributed by atoms with Gasteiger partial charge in [-0.3, -0.25) is 13.9 Å². The molecule has 0 heterocycles. The van der Waals surface area contributed by atoms with Gasteiger partial charge >= 0.3 is 0 Å². The fraction of sp³-hybridized carbons (Fsp3) is 0.310. The van der Waals surface area contributed by atoms with Gasteiger partial charge in [-0.05, 0) is 60.4 Å². The van der Waals surface area contributed by atoms with Gasteiger partial charge in [-0.1, -0.05) is 68.8 Å². The Labute approximate surface area is 234 Å². The third kappa shape index (κ3) is 8.03. The highest BCUT2D eigenvalue weighted by Crippen LogP contribution is 2.27. The van der Waals surface area contributed by atoms with Gasteiger partial charge in [-0.2, -0.15) is 0 Å². The van der Waals surface area contributed by atoms with Crippen molar-refractivity contribution in [2.24, 2.45) is 5.92 Å². The van der Waals surface area contributed by atoms with E-state index in [1.54, 1.807) is 43.3 Å². The van der Waals surface area contributed by atoms with Crippen LogP contribution in [0.4, 0.5) is 10.1 Å². The minimum atomic E-state index is -4.18. The van der Waals surface area contributed by atoms with Crippen LogP contribution >= 0.6 is 11.6 Å². The maximum absolute atomic E-state index is 13.9. The highest BCUT2D eigenvalue weighted by molar-refractivity contribution is 7.92. The van der Waals surface area contributed by atoms with Crippen molar-refractivity contribution >= 4 is 39.1 Å². The number of carbonyl (C=O) groups excluding carboxylic acids is 2. The summed E-state index contributed by atoms with van der Waals surface area (Å²) in [5.74, 6) is -1.17. The molecule has 0 unspecified atom stereocenters. The Hall–Kier alpha value is -3.43. The second-order valence-corrected chi connectivity index (χ2v) is 11.8. The molecule has 0 aliphatic heterocycles. The van der Waals surface area contributed by atoms with Crippen molar-refractivity contribution in [3.63, 3.8) is 0 Å². The van der Waals surface area contributed by atoms with Gasteiger partial charge in [-0.15, -0.1) is 0 Å². The highest BCUT2D eigenvalue weighted by atomic mass is 35.5. The summed E-state index contributed by atoms with van der Waals surface area (Å²) in [4.78, 5) is 28.5. The maximum atomic E-state index is 13.9. The van der Waals surface area contributed by atoms with E-state index in [0.717, 1.165) is 4.31 Å². The molecule has 0 aliphatic rings. The molecule has 1 N–H and O–H groups in total. The number of carbonyl (C=O) groups is 2. The van der Waals surface area contributed by atoms with Crippen molar-refractivity contribution in [3.05, 3.63) is 95.3 Å². The molecule has 2 amide bonds. The number of nitrogens with one attached hydrogen (secondary N) is 1. The van der Waals surface area contributed by atoms with E-state index in [1.807, 2.05) is 13.8 Å². The van der Waals surface area contributed by atoms with Crippen LogP contribution in [0.2, 0.25) is 5.02 Å². The summed E-state index contributed by atoms with van der Waals surface area (Å²) in [6.07, 6.45) is 0.291. The van der Waals surface area contributed by atoms with Crippen LogP contribution in [-0.4, -0.2) is 44.3 Å². The largest absolute Gasteiger partial charge is 0.354 e. The summed E-state index contributed by atoms with van der Waals surface area (Å²) < 4.78 is 42.0. The number of rotatable bonds is 12. The Morgan fingerprint density at radius 3 is 2.23 bits per heavy atom. The number of nitrogens with zero attached hydrogens (tertiary/aromatic N) is 2. The molecule has 0 aliphatic carbocycles. The maximum Gasteiger partial charge on any atom is 0.264 e. The lowest BCUT2D eigenvalue weighted by molar-refractivity contribution is -0.140. The van der Waals surface area contributed by atoms with Gasteiger partial charge in [0.05, 0.1) is 10.6 Å². The molecule has 3 rings (SSSR count). The average Bonchev–Trinajstić information content (AvgIpc) is 2.91. The summed E-state index contributed by atoms with van der Waals surface area (Å²) >= 11 is 6.18. The van der Waals surface area contributed by atoms with Gasteiger partial charge in [0.1, 0.15) is 18.4 Å². The molecule has 0 radical (unpaired) electrons. The molecular weight excluding hydrogens is 541 g/mol. The van der Waals surface area contributed by atoms with Crippen LogP contribution in [0.5, 0.6) is 0 Å². The lowest BCUT2D eigenvalue weighted by Gasteiger charge is -2.33. The molecule has 208 valence electrons. The molecule has 0 spiro atoms. The lowest BCUT2D eigenvalue weighted by Crippen LogP contribution is -2.52. The van der Waals surface area contributed by atoms with Gasteiger partial charge in [0, 0.05) is 18.1 Å². The van der Waals surface area contributed by atoms with Crippen LogP contribution in [0.15, 0.2) is 83.8 Å². The zero-order chi connectivity index (χ0) is 28.6. The fourth-order valence-corrected chi connectivity index (χ4v) is 5.62. The second-order valence-electron chi connectivity index (χ2n) is 9.52. The lowest BCUT2D eigenvalue weighted by atomic mass is 10.1. The molecular formula is C29H33ClFN3O4S. The zero-order valence-corrected chi connectivity index (χ0v) is 23.8. The van der Waals surface area contributed by atoms with E-state index < -0.39 is 34.3 Å². The first-order chi connectivity index (χ1) is 18.5. The third-order valence-corrected chi connectivity index (χ3v) is 8.07. The molecule has 10 heteroatoms. The number of hydrogen-bond donors (Lipinski definition) is 1. The van der Waals surface area contributed by atoms with Gasteiger partial charge in [0.15, 0.2) is 0 Å². The average molecular weight is 574 g/mol. The normalized spacial score (nSPS) is 12.2. The smallest absolute Gasteiger partial charge is 0.264 e. The molecule has 0 bridgehead atoms. The Kier molecular flexibility index (Phi) is 10.5. The summed E-state index contributed by atoms with van der Waals surface area (Å²) in [5.41, 5.74) is 0.804. The number of hydrogen-bond acceptors (Lipinski definition) is 4. The van der Waals surface area contributed by atoms with Crippen LogP contribution in [0.25, 0.3) is 0 Å². The number of benzene rings is 3. The summed E-state index contributed by atoms with van der Waals surface area (Å²) in [6.45, 7) is 5.53. The number of sulfonamides is 1. The minimum Gasteiger partial charge on any atom is -0.354 e. The fourth-order valence-electron chi connectivity index (χ4n) is 4.01. The molecule has 0 aromatic heterocycles. The molecule has 0 fully saturated rings. The van der Waals surface area contributed by atoms with E-state index in [1.165, 1.54) is 47.4 Å². The van der Waals surface area contributed by atoms with Crippen LogP contribution in [0.1, 0.15) is 32.8 Å². The van der Waals surface area contributed by atoms with Gasteiger partial charge in [0.25, 0.3) is 10.0 Å². The van der Waals surface area contributed by atoms with Crippen LogP contribution in [0, 0.1) is 11.7 Å². The van der Waals surface area contributed by atoms with E-state index >= 15 is 0 Å². The first-order valence-electron chi connectivity index (χ1n) is 12.7. The predicted octanol–water partition coefficient (Wildman–Crippen LogP) is 5.25. The highest BCUT2D eigenvalue weighted by Gasteiger charge is 2.33. The van der Waals surface area contributed by atoms with Crippen LogP contribution < -0.4 is 9.62 Å². The Bertz CT molecular complexity index is 1370. The van der Waals surface area contributed by atoms with E-state index in [0.29, 0.717) is 23.6 Å². The summed E-state index contributed by atoms with van der Waals surface area (Å²) in [7, 11) is -4.18. The van der Waals surface area contributed by atoms with Crippen molar-refractivity contribution in [1.29, 1.82) is 0 Å². The number of halogens is 2. The standard InChI is InChI=1S/C29H33ClFN3O4S/c1-4-27(29(36)32-18-21(2)3)33(19-22-13-15-24(31)16-14-22)28(35)20-34(25-10-8-9-23(30)17-25)39(37,38)26-11-6-5-7-12-26/h5-17,21,27H,4,18-20H2,1-3H3,(H,32,36)/t27-/m1/s1. The molecule has 3 aromatic rings.